The smallest absolute Gasteiger partial charge is 0.161 e. The molecule has 0 amide bonds. The highest BCUT2D eigenvalue weighted by atomic mass is 32.2. The molecule has 1 aliphatic carbocycles. The van der Waals surface area contributed by atoms with E-state index in [4.69, 9.17) is 9.47 Å². The second-order valence-corrected chi connectivity index (χ2v) is 6.67. The maximum atomic E-state index is 5.64. The molecule has 1 aliphatic heterocycles. The SMILES string of the molecule is CSC1(CNC(C)c2ccc3c(c2)OCCO3)CC1. The topological polar surface area (TPSA) is 30.5 Å². The minimum atomic E-state index is 0.348. The minimum absolute atomic E-state index is 0.348. The zero-order valence-electron chi connectivity index (χ0n) is 11.6. The first-order valence-corrected chi connectivity index (χ1v) is 8.13. The van der Waals surface area contributed by atoms with E-state index in [0.717, 1.165) is 18.0 Å². The lowest BCUT2D eigenvalue weighted by Gasteiger charge is -2.22. The quantitative estimate of drug-likeness (QED) is 0.897. The first-order valence-electron chi connectivity index (χ1n) is 6.90. The summed E-state index contributed by atoms with van der Waals surface area (Å²) in [6.07, 6.45) is 4.90. The lowest BCUT2D eigenvalue weighted by Crippen LogP contribution is -2.28. The molecule has 1 atom stereocenters. The second kappa shape index (κ2) is 5.25. The number of rotatable bonds is 5. The van der Waals surface area contributed by atoms with E-state index in [9.17, 15) is 0 Å². The van der Waals surface area contributed by atoms with E-state index < -0.39 is 0 Å². The molecule has 0 aromatic heterocycles. The molecule has 0 bridgehead atoms. The molecule has 1 aromatic carbocycles. The van der Waals surface area contributed by atoms with Gasteiger partial charge in [-0.2, -0.15) is 11.8 Å². The van der Waals surface area contributed by atoms with Crippen LogP contribution in [-0.2, 0) is 0 Å². The molecule has 3 nitrogen and oxygen atoms in total. The molecule has 2 aliphatic rings. The highest BCUT2D eigenvalue weighted by molar-refractivity contribution is 8.00. The fraction of sp³-hybridized carbons (Fsp3) is 0.600. The lowest BCUT2D eigenvalue weighted by atomic mass is 10.1. The second-order valence-electron chi connectivity index (χ2n) is 5.39. The van der Waals surface area contributed by atoms with Gasteiger partial charge in [0.15, 0.2) is 11.5 Å². The van der Waals surface area contributed by atoms with Crippen molar-refractivity contribution in [2.24, 2.45) is 0 Å². The molecule has 1 aromatic rings. The first-order chi connectivity index (χ1) is 9.22. The van der Waals surface area contributed by atoms with E-state index in [2.05, 4.69) is 30.6 Å². The van der Waals surface area contributed by atoms with Gasteiger partial charge in [-0.05, 0) is 43.7 Å². The van der Waals surface area contributed by atoms with Crippen LogP contribution in [0.2, 0.25) is 0 Å². The van der Waals surface area contributed by atoms with E-state index in [0.29, 0.717) is 24.0 Å². The molecule has 1 N–H and O–H groups in total. The summed E-state index contributed by atoms with van der Waals surface area (Å²) in [5.74, 6) is 1.74. The number of hydrogen-bond donors (Lipinski definition) is 1. The Morgan fingerprint density at radius 2 is 2.00 bits per heavy atom. The Labute approximate surface area is 119 Å². The average molecular weight is 279 g/mol. The normalized spacial score (nSPS) is 20.9. The molecule has 1 saturated carbocycles. The van der Waals surface area contributed by atoms with Gasteiger partial charge in [0.25, 0.3) is 0 Å². The van der Waals surface area contributed by atoms with Crippen molar-refractivity contribution >= 4 is 11.8 Å². The van der Waals surface area contributed by atoms with E-state index >= 15 is 0 Å². The molecule has 0 radical (unpaired) electrons. The van der Waals surface area contributed by atoms with Crippen molar-refractivity contribution in [3.05, 3.63) is 23.8 Å². The Balaban J connectivity index is 1.64. The Morgan fingerprint density at radius 3 is 2.68 bits per heavy atom. The number of thioether (sulfide) groups is 1. The number of nitrogens with one attached hydrogen (secondary N) is 1. The van der Waals surface area contributed by atoms with Gasteiger partial charge in [-0.3, -0.25) is 0 Å². The Kier molecular flexibility index (Phi) is 3.63. The predicted octanol–water partition coefficient (Wildman–Crippen LogP) is 3.00. The molecule has 1 unspecified atom stereocenters. The third-order valence-electron chi connectivity index (χ3n) is 4.04. The summed E-state index contributed by atoms with van der Waals surface area (Å²) in [5.41, 5.74) is 1.26. The van der Waals surface area contributed by atoms with Gasteiger partial charge in [-0.15, -0.1) is 0 Å². The van der Waals surface area contributed by atoms with Crippen molar-refractivity contribution in [2.75, 3.05) is 26.0 Å². The minimum Gasteiger partial charge on any atom is -0.486 e. The maximum absolute atomic E-state index is 5.64. The van der Waals surface area contributed by atoms with Crippen LogP contribution in [0.4, 0.5) is 0 Å². The van der Waals surface area contributed by atoms with Gasteiger partial charge in [0.05, 0.1) is 0 Å². The Morgan fingerprint density at radius 1 is 1.26 bits per heavy atom. The number of benzene rings is 1. The lowest BCUT2D eigenvalue weighted by molar-refractivity contribution is 0.171. The van der Waals surface area contributed by atoms with Gasteiger partial charge in [0.2, 0.25) is 0 Å². The molecular weight excluding hydrogens is 258 g/mol. The van der Waals surface area contributed by atoms with Crippen LogP contribution < -0.4 is 14.8 Å². The molecular formula is C15H21NO2S. The van der Waals surface area contributed by atoms with Crippen molar-refractivity contribution in [1.82, 2.24) is 5.32 Å². The van der Waals surface area contributed by atoms with E-state index in [1.165, 1.54) is 18.4 Å². The van der Waals surface area contributed by atoms with Crippen molar-refractivity contribution in [3.8, 4) is 11.5 Å². The van der Waals surface area contributed by atoms with Gasteiger partial charge in [0, 0.05) is 17.3 Å². The molecule has 1 fully saturated rings. The van der Waals surface area contributed by atoms with Gasteiger partial charge >= 0.3 is 0 Å². The molecule has 104 valence electrons. The van der Waals surface area contributed by atoms with E-state index in [1.54, 1.807) is 0 Å². The van der Waals surface area contributed by atoms with Crippen LogP contribution in [0.1, 0.15) is 31.4 Å². The molecule has 4 heteroatoms. The molecule has 3 rings (SSSR count). The number of ether oxygens (including phenoxy) is 2. The molecule has 1 heterocycles. The summed E-state index contributed by atoms with van der Waals surface area (Å²) in [7, 11) is 0. The summed E-state index contributed by atoms with van der Waals surface area (Å²) in [5, 5.41) is 3.64. The molecule has 0 saturated heterocycles. The van der Waals surface area contributed by atoms with Crippen molar-refractivity contribution in [3.63, 3.8) is 0 Å². The van der Waals surface area contributed by atoms with Crippen LogP contribution in [0.3, 0.4) is 0 Å². The maximum Gasteiger partial charge on any atom is 0.161 e. The van der Waals surface area contributed by atoms with Crippen LogP contribution in [0.5, 0.6) is 11.5 Å². The number of hydrogen-bond acceptors (Lipinski definition) is 4. The fourth-order valence-corrected chi connectivity index (χ4v) is 3.12. The van der Waals surface area contributed by atoms with Crippen LogP contribution in [0.25, 0.3) is 0 Å². The van der Waals surface area contributed by atoms with Crippen molar-refractivity contribution in [2.45, 2.75) is 30.6 Å². The van der Waals surface area contributed by atoms with Gasteiger partial charge in [-0.1, -0.05) is 6.07 Å². The zero-order chi connectivity index (χ0) is 13.3. The van der Waals surface area contributed by atoms with Crippen LogP contribution in [0, 0.1) is 0 Å². The third kappa shape index (κ3) is 2.84. The van der Waals surface area contributed by atoms with E-state index in [-0.39, 0.29) is 0 Å². The number of fused-ring (bicyclic) bond motifs is 1. The van der Waals surface area contributed by atoms with Gasteiger partial charge < -0.3 is 14.8 Å². The molecule has 0 spiro atoms. The Bertz CT molecular complexity index is 459. The van der Waals surface area contributed by atoms with Gasteiger partial charge in [-0.25, -0.2) is 0 Å². The molecule has 19 heavy (non-hydrogen) atoms. The largest absolute Gasteiger partial charge is 0.486 e. The van der Waals surface area contributed by atoms with Crippen molar-refractivity contribution in [1.29, 1.82) is 0 Å². The van der Waals surface area contributed by atoms with Crippen LogP contribution in [0.15, 0.2) is 18.2 Å². The standard InChI is InChI=1S/C15H21NO2S/c1-11(16-10-15(19-2)5-6-15)12-3-4-13-14(9-12)18-8-7-17-13/h3-4,9,11,16H,5-8,10H2,1-2H3. The third-order valence-corrected chi connectivity index (χ3v) is 5.46. The van der Waals surface area contributed by atoms with Crippen LogP contribution >= 0.6 is 11.8 Å². The summed E-state index contributed by atoms with van der Waals surface area (Å²) < 4.78 is 11.7. The Hall–Kier alpha value is -0.870. The fourth-order valence-electron chi connectivity index (χ4n) is 2.38. The summed E-state index contributed by atoms with van der Waals surface area (Å²) >= 11 is 1.99. The predicted molar refractivity (Wildman–Crippen MR) is 79.3 cm³/mol. The highest BCUT2D eigenvalue weighted by Gasteiger charge is 2.41. The summed E-state index contributed by atoms with van der Waals surface area (Å²) in [4.78, 5) is 0. The summed E-state index contributed by atoms with van der Waals surface area (Å²) in [6.45, 7) is 4.59. The first kappa shape index (κ1) is 13.1. The average Bonchev–Trinajstić information content (AvgIpc) is 3.25. The van der Waals surface area contributed by atoms with Crippen LogP contribution in [-0.4, -0.2) is 30.8 Å². The van der Waals surface area contributed by atoms with Gasteiger partial charge in [0.1, 0.15) is 13.2 Å². The monoisotopic (exact) mass is 279 g/mol. The summed E-state index contributed by atoms with van der Waals surface area (Å²) in [6, 6.07) is 6.60. The van der Waals surface area contributed by atoms with Crippen molar-refractivity contribution < 1.29 is 9.47 Å². The van der Waals surface area contributed by atoms with E-state index in [1.807, 2.05) is 17.8 Å². The zero-order valence-corrected chi connectivity index (χ0v) is 12.4. The highest BCUT2D eigenvalue weighted by Crippen LogP contribution is 2.46.